The molecule has 1 aliphatic heterocycles. The number of carbonyl (C=O) groups is 2. The maximum atomic E-state index is 13.0. The van der Waals surface area contributed by atoms with E-state index in [4.69, 9.17) is 4.74 Å². The summed E-state index contributed by atoms with van der Waals surface area (Å²) in [5.74, 6) is -0.736. The molecule has 8 heteroatoms. The molecule has 0 unspecified atom stereocenters. The Hall–Kier alpha value is -2.35. The van der Waals surface area contributed by atoms with Crippen molar-refractivity contribution in [3.8, 4) is 0 Å². The van der Waals surface area contributed by atoms with Crippen molar-refractivity contribution in [1.82, 2.24) is 9.88 Å². The van der Waals surface area contributed by atoms with E-state index in [0.717, 1.165) is 43.0 Å². The highest BCUT2D eigenvalue weighted by atomic mass is 32.2. The van der Waals surface area contributed by atoms with E-state index in [2.05, 4.69) is 4.98 Å². The molecule has 2 aromatic rings. The number of aromatic nitrogens is 1. The van der Waals surface area contributed by atoms with E-state index < -0.39 is 15.8 Å². The summed E-state index contributed by atoms with van der Waals surface area (Å²) in [7, 11) is -3.11. The van der Waals surface area contributed by atoms with Gasteiger partial charge in [0.15, 0.2) is 16.4 Å². The third-order valence-electron chi connectivity index (χ3n) is 5.99. The number of ether oxygens (including phenoxy) is 1. The minimum atomic E-state index is -3.11. The molecule has 1 aliphatic carbocycles. The lowest BCUT2D eigenvalue weighted by molar-refractivity contribution is -0.140. The lowest BCUT2D eigenvalue weighted by Gasteiger charge is -2.38. The Kier molecular flexibility index (Phi) is 5.63. The number of aromatic amines is 1. The van der Waals surface area contributed by atoms with Crippen LogP contribution in [0.1, 0.15) is 48.9 Å². The van der Waals surface area contributed by atoms with Crippen LogP contribution in [0.15, 0.2) is 30.5 Å². The van der Waals surface area contributed by atoms with Crippen molar-refractivity contribution in [2.45, 2.75) is 50.6 Å². The highest BCUT2D eigenvalue weighted by Crippen LogP contribution is 2.28. The molecule has 1 N–H and O–H groups in total. The number of carbonyl (C=O) groups excluding carboxylic acids is 2. The van der Waals surface area contributed by atoms with Crippen molar-refractivity contribution in [1.29, 1.82) is 0 Å². The van der Waals surface area contributed by atoms with Crippen molar-refractivity contribution in [3.05, 3.63) is 36.0 Å². The summed E-state index contributed by atoms with van der Waals surface area (Å²) in [6, 6.07) is 7.10. The summed E-state index contributed by atoms with van der Waals surface area (Å²) in [4.78, 5) is 30.3. The first-order valence-corrected chi connectivity index (χ1v) is 12.0. The van der Waals surface area contributed by atoms with Gasteiger partial charge in [0.2, 0.25) is 0 Å². The number of H-pyrrole nitrogens is 1. The van der Waals surface area contributed by atoms with E-state index in [1.807, 2.05) is 24.3 Å². The normalized spacial score (nSPS) is 21.9. The smallest absolute Gasteiger partial charge is 0.340 e. The average molecular weight is 419 g/mol. The van der Waals surface area contributed by atoms with Crippen LogP contribution in [-0.2, 0) is 19.4 Å². The predicted molar refractivity (Wildman–Crippen MR) is 109 cm³/mol. The molecule has 1 saturated heterocycles. The standard InChI is InChI=1S/C21H26N2O5S/c24-20(13-28-21(25)18-12-22-19-9-5-4-8-17(18)19)23(15-6-2-1-3-7-15)16-10-11-29(26,27)14-16/h4-5,8-9,12,15-16,22H,1-3,6-7,10-11,13-14H2/t16-/m1/s1. The van der Waals surface area contributed by atoms with Crippen LogP contribution in [0, 0.1) is 0 Å². The molecule has 7 nitrogen and oxygen atoms in total. The van der Waals surface area contributed by atoms with Crippen molar-refractivity contribution in [2.24, 2.45) is 0 Å². The van der Waals surface area contributed by atoms with Gasteiger partial charge in [-0.15, -0.1) is 0 Å². The number of nitrogens with one attached hydrogen (secondary N) is 1. The quantitative estimate of drug-likeness (QED) is 0.753. The van der Waals surface area contributed by atoms with Crippen LogP contribution in [0.5, 0.6) is 0 Å². The van der Waals surface area contributed by atoms with Gasteiger partial charge in [0.05, 0.1) is 17.1 Å². The van der Waals surface area contributed by atoms with Crippen LogP contribution in [0.4, 0.5) is 0 Å². The molecule has 2 heterocycles. The topological polar surface area (TPSA) is 96.5 Å². The lowest BCUT2D eigenvalue weighted by atomic mass is 9.93. The van der Waals surface area contributed by atoms with E-state index in [9.17, 15) is 18.0 Å². The molecule has 2 aliphatic rings. The zero-order chi connectivity index (χ0) is 20.4. The van der Waals surface area contributed by atoms with E-state index >= 15 is 0 Å². The van der Waals surface area contributed by atoms with Crippen LogP contribution < -0.4 is 0 Å². The second kappa shape index (κ2) is 8.18. The monoisotopic (exact) mass is 418 g/mol. The summed E-state index contributed by atoms with van der Waals surface area (Å²) in [5, 5.41) is 0.746. The zero-order valence-corrected chi connectivity index (χ0v) is 17.1. The minimum Gasteiger partial charge on any atom is -0.452 e. The van der Waals surface area contributed by atoms with E-state index in [1.165, 1.54) is 0 Å². The van der Waals surface area contributed by atoms with Crippen LogP contribution in [0.25, 0.3) is 10.9 Å². The second-order valence-corrected chi connectivity index (χ2v) is 10.2. The number of benzene rings is 1. The number of fused-ring (bicyclic) bond motifs is 1. The van der Waals surface area contributed by atoms with Gasteiger partial charge in [-0.3, -0.25) is 4.79 Å². The Morgan fingerprint density at radius 2 is 1.83 bits per heavy atom. The molecule has 1 amide bonds. The van der Waals surface area contributed by atoms with Gasteiger partial charge >= 0.3 is 5.97 Å². The van der Waals surface area contributed by atoms with Crippen molar-refractivity contribution in [3.63, 3.8) is 0 Å². The fourth-order valence-corrected chi connectivity index (χ4v) is 6.29. The number of esters is 1. The molecule has 1 aromatic heterocycles. The minimum absolute atomic E-state index is 0.00559. The van der Waals surface area contributed by atoms with Crippen molar-refractivity contribution >= 4 is 32.6 Å². The van der Waals surface area contributed by atoms with Crippen molar-refractivity contribution in [2.75, 3.05) is 18.1 Å². The molecular formula is C21H26N2O5S. The van der Waals surface area contributed by atoms with E-state index in [-0.39, 0.29) is 36.1 Å². The van der Waals surface area contributed by atoms with Gasteiger partial charge in [0.1, 0.15) is 0 Å². The Morgan fingerprint density at radius 1 is 1.07 bits per heavy atom. The van der Waals surface area contributed by atoms with E-state index in [1.54, 1.807) is 11.1 Å². The summed E-state index contributed by atoms with van der Waals surface area (Å²) in [6.45, 7) is -0.370. The maximum Gasteiger partial charge on any atom is 0.340 e. The SMILES string of the molecule is O=C(OCC(=O)N(C1CCCCC1)[C@@H]1CCS(=O)(=O)C1)c1c[nH]c2ccccc12. The van der Waals surface area contributed by atoms with Gasteiger partial charge in [-0.2, -0.15) is 0 Å². The first-order valence-electron chi connectivity index (χ1n) is 10.2. The van der Waals surface area contributed by atoms with Crippen molar-refractivity contribution < 1.29 is 22.7 Å². The molecule has 0 bridgehead atoms. The molecule has 2 fully saturated rings. The Balaban J connectivity index is 1.46. The third-order valence-corrected chi connectivity index (χ3v) is 7.74. The fourth-order valence-electron chi connectivity index (χ4n) is 4.58. The van der Waals surface area contributed by atoms with Crippen LogP contribution >= 0.6 is 0 Å². The summed E-state index contributed by atoms with van der Waals surface area (Å²) < 4.78 is 29.3. The van der Waals surface area contributed by atoms with Gasteiger partial charge in [-0.25, -0.2) is 13.2 Å². The molecule has 1 atom stereocenters. The summed E-state index contributed by atoms with van der Waals surface area (Å²) in [5.41, 5.74) is 1.21. The number of hydrogen-bond acceptors (Lipinski definition) is 5. The van der Waals surface area contributed by atoms with Crippen LogP contribution in [-0.4, -0.2) is 60.4 Å². The molecule has 1 saturated carbocycles. The first-order chi connectivity index (χ1) is 13.9. The highest BCUT2D eigenvalue weighted by molar-refractivity contribution is 7.91. The molecule has 0 radical (unpaired) electrons. The molecule has 156 valence electrons. The zero-order valence-electron chi connectivity index (χ0n) is 16.3. The lowest BCUT2D eigenvalue weighted by Crippen LogP contribution is -2.50. The number of nitrogens with zero attached hydrogens (tertiary/aromatic N) is 1. The number of rotatable bonds is 5. The fraction of sp³-hybridized carbons (Fsp3) is 0.524. The second-order valence-electron chi connectivity index (χ2n) is 7.97. The summed E-state index contributed by atoms with van der Waals surface area (Å²) in [6.07, 6.45) is 6.99. The Labute approximate surface area is 170 Å². The highest BCUT2D eigenvalue weighted by Gasteiger charge is 2.38. The number of para-hydroxylation sites is 1. The van der Waals surface area contributed by atoms with Crippen LogP contribution in [0.2, 0.25) is 0 Å². The first kappa shape index (κ1) is 19.9. The molecule has 0 spiro atoms. The molecule has 4 rings (SSSR count). The average Bonchev–Trinajstić information content (AvgIpc) is 3.30. The Morgan fingerprint density at radius 3 is 2.55 bits per heavy atom. The third kappa shape index (κ3) is 4.32. The predicted octanol–water partition coefficient (Wildman–Crippen LogP) is 2.67. The largest absolute Gasteiger partial charge is 0.452 e. The van der Waals surface area contributed by atoms with Gasteiger partial charge in [0.25, 0.3) is 5.91 Å². The summed E-state index contributed by atoms with van der Waals surface area (Å²) >= 11 is 0. The van der Waals surface area contributed by atoms with Gasteiger partial charge < -0.3 is 14.6 Å². The van der Waals surface area contributed by atoms with E-state index in [0.29, 0.717) is 12.0 Å². The van der Waals surface area contributed by atoms with Gasteiger partial charge in [-0.05, 0) is 25.3 Å². The number of amides is 1. The number of sulfone groups is 1. The van der Waals surface area contributed by atoms with Crippen LogP contribution in [0.3, 0.4) is 0 Å². The number of hydrogen-bond donors (Lipinski definition) is 1. The molecule has 29 heavy (non-hydrogen) atoms. The van der Waals surface area contributed by atoms with Gasteiger partial charge in [0, 0.05) is 29.2 Å². The maximum absolute atomic E-state index is 13.0. The molecule has 1 aromatic carbocycles. The Bertz CT molecular complexity index is 1010. The van der Waals surface area contributed by atoms with Gasteiger partial charge in [-0.1, -0.05) is 37.5 Å². The molecular weight excluding hydrogens is 392 g/mol.